The molecule has 0 aromatic carbocycles. The minimum atomic E-state index is -2.37. The number of esters is 1. The monoisotopic (exact) mass is 757 g/mol. The summed E-state index contributed by atoms with van der Waals surface area (Å²) in [5, 5.41) is 33.1. The molecule has 3 heterocycles. The third-order valence-electron chi connectivity index (χ3n) is 12.4. The molecule has 1 amide bonds. The van der Waals surface area contributed by atoms with Crippen LogP contribution in [0.15, 0.2) is 36.0 Å². The van der Waals surface area contributed by atoms with E-state index in [9.17, 15) is 34.5 Å². The summed E-state index contributed by atoms with van der Waals surface area (Å²) in [7, 11) is 1.60. The molecule has 2 bridgehead atoms. The van der Waals surface area contributed by atoms with E-state index in [1.165, 1.54) is 4.90 Å². The third-order valence-corrected chi connectivity index (χ3v) is 12.4. The van der Waals surface area contributed by atoms with Gasteiger partial charge in [-0.1, -0.05) is 58.1 Å². The summed E-state index contributed by atoms with van der Waals surface area (Å²) in [6.07, 6.45) is 14.1. The predicted octanol–water partition coefficient (Wildman–Crippen LogP) is 5.78. The zero-order chi connectivity index (χ0) is 39.6. The zero-order valence-corrected chi connectivity index (χ0v) is 33.5. The van der Waals surface area contributed by atoms with Crippen molar-refractivity contribution in [3.63, 3.8) is 0 Å². The third kappa shape index (κ3) is 11.9. The molecule has 4 aliphatic rings. The van der Waals surface area contributed by atoms with Gasteiger partial charge in [-0.2, -0.15) is 0 Å². The van der Waals surface area contributed by atoms with Crippen LogP contribution in [0.25, 0.3) is 0 Å². The Morgan fingerprint density at radius 1 is 0.907 bits per heavy atom. The topological polar surface area (TPSA) is 160 Å². The smallest absolute Gasteiger partial charge is 0.329 e. The van der Waals surface area contributed by atoms with Crippen molar-refractivity contribution in [2.24, 2.45) is 29.6 Å². The van der Waals surface area contributed by atoms with Crippen LogP contribution in [0.4, 0.5) is 0 Å². The highest BCUT2D eigenvalue weighted by Gasteiger charge is 2.53. The number of ether oxygens (including phenoxy) is 3. The Labute approximate surface area is 322 Å². The predicted molar refractivity (Wildman–Crippen MR) is 205 cm³/mol. The summed E-state index contributed by atoms with van der Waals surface area (Å²) in [5.41, 5.74) is 0.923. The lowest BCUT2D eigenvalue weighted by Crippen LogP contribution is -2.61. The van der Waals surface area contributed by atoms with Crippen LogP contribution in [0.3, 0.4) is 0 Å². The van der Waals surface area contributed by atoms with Gasteiger partial charge >= 0.3 is 5.97 Å². The molecule has 3 aliphatic heterocycles. The maximum Gasteiger partial charge on any atom is 0.329 e. The molecule has 0 aromatic rings. The van der Waals surface area contributed by atoms with Crippen molar-refractivity contribution in [3.8, 4) is 0 Å². The molecular weight excluding hydrogens is 690 g/mol. The van der Waals surface area contributed by atoms with Crippen LogP contribution >= 0.6 is 0 Å². The number of fused-ring (bicyclic) bond motifs is 3. The minimum Gasteiger partial charge on any atom is -0.460 e. The first kappa shape index (κ1) is 44.0. The highest BCUT2D eigenvalue weighted by molar-refractivity contribution is 6.39. The maximum atomic E-state index is 14.1. The summed E-state index contributed by atoms with van der Waals surface area (Å²) in [6.45, 7) is 9.68. The van der Waals surface area contributed by atoms with Gasteiger partial charge in [0.15, 0.2) is 0 Å². The van der Waals surface area contributed by atoms with Crippen molar-refractivity contribution < 1.29 is 48.7 Å². The fourth-order valence-electron chi connectivity index (χ4n) is 8.78. The Morgan fingerprint density at radius 2 is 1.63 bits per heavy atom. The van der Waals surface area contributed by atoms with E-state index in [1.54, 1.807) is 14.0 Å². The van der Waals surface area contributed by atoms with E-state index in [0.29, 0.717) is 63.7 Å². The van der Waals surface area contributed by atoms with Crippen LogP contribution in [0.2, 0.25) is 0 Å². The van der Waals surface area contributed by atoms with Crippen molar-refractivity contribution >= 4 is 23.4 Å². The van der Waals surface area contributed by atoms with E-state index in [-0.39, 0.29) is 61.6 Å². The number of allylic oxidation sites excluding steroid dienone is 5. The number of methoxy groups -OCH3 is 1. The molecule has 304 valence electrons. The largest absolute Gasteiger partial charge is 0.460 e. The molecule has 0 radical (unpaired) electrons. The summed E-state index contributed by atoms with van der Waals surface area (Å²) in [5.74, 6) is -5.83. The van der Waals surface area contributed by atoms with Gasteiger partial charge in [0.05, 0.1) is 24.4 Å². The highest BCUT2D eigenvalue weighted by atomic mass is 16.6. The fraction of sp³-hybridized carbons (Fsp3) is 0.767. The van der Waals surface area contributed by atoms with Crippen LogP contribution in [-0.2, 0) is 33.4 Å². The SMILES string of the molecule is CO[C@H]1C[C@@H]2CC[C@@H](C)[C@@](O)(O2)C(=O)C(=O)N2CCCC[C@H]2C(=O)OC([C@H](C)C[C@H]2CC[C@H](O)CC2)C[C@@H](O)CC(=O)[C@H](C)C[C@H](C)/C=C/C=C/C=C/1C. The number of carbonyl (C=O) groups is 4. The number of cyclic esters (lactones) is 1. The molecule has 11 heteroatoms. The maximum absolute atomic E-state index is 14.1. The number of piperidine rings is 1. The van der Waals surface area contributed by atoms with Crippen molar-refractivity contribution in [1.82, 2.24) is 4.90 Å². The summed E-state index contributed by atoms with van der Waals surface area (Å²) in [4.78, 5) is 56.6. The van der Waals surface area contributed by atoms with Gasteiger partial charge in [-0.05, 0) is 101 Å². The molecule has 3 fully saturated rings. The number of aliphatic hydroxyl groups is 3. The number of carbonyl (C=O) groups excluding carboxylic acids is 4. The number of aliphatic hydroxyl groups excluding tert-OH is 2. The Morgan fingerprint density at radius 3 is 2.33 bits per heavy atom. The lowest BCUT2D eigenvalue weighted by Gasteiger charge is -2.42. The first-order valence-electron chi connectivity index (χ1n) is 20.5. The molecule has 11 nitrogen and oxygen atoms in total. The van der Waals surface area contributed by atoms with E-state index in [4.69, 9.17) is 14.2 Å². The van der Waals surface area contributed by atoms with Crippen LogP contribution < -0.4 is 0 Å². The Hall–Kier alpha value is -2.70. The first-order chi connectivity index (χ1) is 25.6. The second-order valence-electron chi connectivity index (χ2n) is 16.9. The van der Waals surface area contributed by atoms with Crippen LogP contribution in [0.5, 0.6) is 0 Å². The molecule has 1 saturated carbocycles. The second-order valence-corrected chi connectivity index (χ2v) is 16.9. The lowest BCUT2D eigenvalue weighted by atomic mass is 9.79. The molecule has 3 N–H and O–H groups in total. The van der Waals surface area contributed by atoms with E-state index < -0.39 is 53.7 Å². The summed E-state index contributed by atoms with van der Waals surface area (Å²) in [6, 6.07) is -1.05. The number of Topliss-reactive ketones (excluding diaryl/α,β-unsaturated/α-hetero) is 2. The molecule has 1 aliphatic carbocycles. The number of nitrogens with zero attached hydrogens (tertiary/aromatic N) is 1. The fourth-order valence-corrected chi connectivity index (χ4v) is 8.78. The van der Waals surface area contributed by atoms with Gasteiger partial charge in [0, 0.05) is 44.8 Å². The average molecular weight is 758 g/mol. The summed E-state index contributed by atoms with van der Waals surface area (Å²) >= 11 is 0. The van der Waals surface area contributed by atoms with Crippen LogP contribution in [0.1, 0.15) is 125 Å². The average Bonchev–Trinajstić information content (AvgIpc) is 3.14. The van der Waals surface area contributed by atoms with Gasteiger partial charge in [0.1, 0.15) is 17.9 Å². The van der Waals surface area contributed by atoms with Crippen molar-refractivity contribution in [1.29, 1.82) is 0 Å². The molecular formula is C43H67NO10. The van der Waals surface area contributed by atoms with Gasteiger partial charge in [0.2, 0.25) is 5.79 Å². The van der Waals surface area contributed by atoms with Crippen molar-refractivity contribution in [2.45, 2.75) is 167 Å². The Kier molecular flexibility index (Phi) is 16.7. The molecule has 0 aromatic heterocycles. The minimum absolute atomic E-state index is 0.0580. The van der Waals surface area contributed by atoms with Gasteiger partial charge < -0.3 is 34.4 Å². The first-order valence-corrected chi connectivity index (χ1v) is 20.5. The van der Waals surface area contributed by atoms with E-state index in [1.807, 2.05) is 51.2 Å². The lowest BCUT2D eigenvalue weighted by molar-refractivity contribution is -0.265. The highest BCUT2D eigenvalue weighted by Crippen LogP contribution is 2.37. The molecule has 10 atom stereocenters. The van der Waals surface area contributed by atoms with Crippen molar-refractivity contribution in [3.05, 3.63) is 36.0 Å². The van der Waals surface area contributed by atoms with E-state index in [2.05, 4.69) is 6.92 Å². The normalized spacial score (nSPS) is 40.2. The molecule has 1 unspecified atom stereocenters. The van der Waals surface area contributed by atoms with Crippen LogP contribution in [-0.4, -0.2) is 99.7 Å². The quantitative estimate of drug-likeness (QED) is 0.237. The molecule has 54 heavy (non-hydrogen) atoms. The van der Waals surface area contributed by atoms with Gasteiger partial charge in [-0.3, -0.25) is 14.4 Å². The number of hydrogen-bond acceptors (Lipinski definition) is 10. The van der Waals surface area contributed by atoms with E-state index >= 15 is 0 Å². The van der Waals surface area contributed by atoms with Gasteiger partial charge in [0.25, 0.3) is 11.7 Å². The number of hydrogen-bond donors (Lipinski definition) is 3. The van der Waals surface area contributed by atoms with E-state index in [0.717, 1.165) is 18.4 Å². The number of amides is 1. The molecule has 4 rings (SSSR count). The molecule has 2 saturated heterocycles. The standard InChI is InChI=1S/C43H67NO10/c1-27-12-8-7-9-13-28(2)38(52-6)26-35-20-15-31(5)43(51,54-35)40(48)41(49)44-21-11-10-14-36(44)42(50)53-39(25-34(46)24-37(47)29(3)22-27)30(4)23-32-16-18-33(45)19-17-32/h7-9,12-13,27,29-36,38-39,45-46,51H,10-11,14-26H2,1-6H3/b9-7+,12-8+,28-13+/t27-,29-,30-,31-,32-,33-,34+,35+,36+,38+,39?,43-/m1/s1. The summed E-state index contributed by atoms with van der Waals surface area (Å²) < 4.78 is 18.1. The van der Waals surface area contributed by atoms with Crippen LogP contribution in [0, 0.1) is 29.6 Å². The zero-order valence-electron chi connectivity index (χ0n) is 33.5. The Balaban J connectivity index is 1.63. The van der Waals surface area contributed by atoms with Gasteiger partial charge in [-0.25, -0.2) is 4.79 Å². The van der Waals surface area contributed by atoms with Crippen molar-refractivity contribution in [2.75, 3.05) is 13.7 Å². The number of ketones is 2. The Bertz CT molecular complexity index is 1370. The molecule has 0 spiro atoms. The number of rotatable bonds is 4. The second kappa shape index (κ2) is 20.5. The van der Waals surface area contributed by atoms with Gasteiger partial charge in [-0.15, -0.1) is 0 Å².